The Balaban J connectivity index is -0.000000405. The monoisotopic (exact) mass is 218 g/mol. The fraction of sp³-hybridized carbons (Fsp3) is 0.833. The van der Waals surface area contributed by atoms with Crippen LogP contribution in [0.5, 0.6) is 0 Å². The summed E-state index contributed by atoms with van der Waals surface area (Å²) in [5.74, 6) is -0.843. The van der Waals surface area contributed by atoms with Crippen LogP contribution in [0.2, 0.25) is 0 Å². The van der Waals surface area contributed by atoms with Crippen molar-refractivity contribution < 1.29 is 9.90 Å². The fourth-order valence-corrected chi connectivity index (χ4v) is 0.706. The second kappa shape index (κ2) is 11.0. The van der Waals surface area contributed by atoms with Crippen molar-refractivity contribution >= 4 is 30.8 Å². The largest absolute Gasteiger partial charge is 0.481 e. The third-order valence-electron chi connectivity index (χ3n) is 1.22. The van der Waals surface area contributed by atoms with E-state index in [2.05, 4.69) is 0 Å². The maximum Gasteiger partial charge on any atom is 0.304 e. The molecule has 0 radical (unpaired) electrons. The Labute approximate surface area is 84.5 Å². The van der Waals surface area contributed by atoms with E-state index in [9.17, 15) is 4.79 Å². The van der Waals surface area contributed by atoms with Crippen LogP contribution in [-0.4, -0.2) is 23.7 Å². The maximum atomic E-state index is 10.1. The van der Waals surface area contributed by atoms with E-state index in [4.69, 9.17) is 16.6 Å². The minimum absolute atomic E-state index is 0. The van der Waals surface area contributed by atoms with Crippen LogP contribution < -0.4 is 11.5 Å². The molecule has 0 fully saturated rings. The first-order valence-electron chi connectivity index (χ1n) is 3.34. The highest BCUT2D eigenvalue weighted by molar-refractivity contribution is 5.85. The number of carboxylic acid groups (broad SMARTS) is 1. The second-order valence-corrected chi connectivity index (χ2v) is 2.29. The first-order valence-corrected chi connectivity index (χ1v) is 3.34. The molecular formula is C6H16Cl2N2O2. The Morgan fingerprint density at radius 2 is 1.92 bits per heavy atom. The van der Waals surface area contributed by atoms with Crippen LogP contribution in [0.4, 0.5) is 0 Å². The Morgan fingerprint density at radius 3 is 2.25 bits per heavy atom. The Morgan fingerprint density at radius 1 is 1.42 bits per heavy atom. The lowest BCUT2D eigenvalue weighted by Gasteiger charge is -2.05. The van der Waals surface area contributed by atoms with Crippen molar-refractivity contribution in [2.75, 3.05) is 6.54 Å². The van der Waals surface area contributed by atoms with E-state index in [0.29, 0.717) is 13.0 Å². The zero-order valence-electron chi connectivity index (χ0n) is 6.73. The minimum atomic E-state index is -0.843. The van der Waals surface area contributed by atoms with E-state index < -0.39 is 5.97 Å². The lowest BCUT2D eigenvalue weighted by Crippen LogP contribution is -2.24. The molecule has 6 heteroatoms. The summed E-state index contributed by atoms with van der Waals surface area (Å²) in [5, 5.41) is 8.27. The van der Waals surface area contributed by atoms with Gasteiger partial charge in [-0.25, -0.2) is 0 Å². The van der Waals surface area contributed by atoms with E-state index in [1.807, 2.05) is 0 Å². The third kappa shape index (κ3) is 12.6. The van der Waals surface area contributed by atoms with Gasteiger partial charge in [-0.05, 0) is 19.4 Å². The van der Waals surface area contributed by atoms with Gasteiger partial charge in [0.2, 0.25) is 0 Å². The summed E-state index contributed by atoms with van der Waals surface area (Å²) >= 11 is 0. The molecule has 0 bridgehead atoms. The number of carbonyl (C=O) groups is 1. The first-order chi connectivity index (χ1) is 4.66. The van der Waals surface area contributed by atoms with E-state index in [1.54, 1.807) is 0 Å². The predicted octanol–water partition coefficient (Wildman–Crippen LogP) is 0.371. The number of hydrogen-bond donors (Lipinski definition) is 3. The molecule has 0 aliphatic rings. The van der Waals surface area contributed by atoms with Gasteiger partial charge >= 0.3 is 5.97 Å². The van der Waals surface area contributed by atoms with Crippen molar-refractivity contribution in [2.24, 2.45) is 11.5 Å². The highest BCUT2D eigenvalue weighted by Gasteiger charge is 2.05. The molecule has 0 aromatic carbocycles. The van der Waals surface area contributed by atoms with Crippen molar-refractivity contribution in [3.8, 4) is 0 Å². The number of rotatable bonds is 5. The summed E-state index contributed by atoms with van der Waals surface area (Å²) in [5.41, 5.74) is 10.6. The van der Waals surface area contributed by atoms with Crippen molar-refractivity contribution in [3.05, 3.63) is 0 Å². The van der Waals surface area contributed by atoms with Gasteiger partial charge in [0.1, 0.15) is 0 Å². The number of carboxylic acids is 1. The smallest absolute Gasteiger partial charge is 0.304 e. The number of aliphatic carboxylic acids is 1. The van der Waals surface area contributed by atoms with Crippen molar-refractivity contribution in [3.63, 3.8) is 0 Å². The van der Waals surface area contributed by atoms with Crippen LogP contribution in [0.3, 0.4) is 0 Å². The van der Waals surface area contributed by atoms with Crippen LogP contribution >= 0.6 is 24.8 Å². The van der Waals surface area contributed by atoms with Gasteiger partial charge in [0.25, 0.3) is 0 Å². The van der Waals surface area contributed by atoms with Crippen LogP contribution in [0.25, 0.3) is 0 Å². The van der Waals surface area contributed by atoms with Crippen LogP contribution in [0, 0.1) is 0 Å². The first kappa shape index (κ1) is 17.9. The van der Waals surface area contributed by atoms with Gasteiger partial charge in [-0.2, -0.15) is 0 Å². The number of halogens is 2. The zero-order chi connectivity index (χ0) is 7.98. The molecule has 0 amide bonds. The van der Waals surface area contributed by atoms with Gasteiger partial charge < -0.3 is 16.6 Å². The summed E-state index contributed by atoms with van der Waals surface area (Å²) in [6.07, 6.45) is 1.54. The molecule has 1 unspecified atom stereocenters. The third-order valence-corrected chi connectivity index (χ3v) is 1.22. The molecule has 0 aromatic heterocycles. The van der Waals surface area contributed by atoms with Crippen LogP contribution in [0.1, 0.15) is 19.3 Å². The highest BCUT2D eigenvalue weighted by atomic mass is 35.5. The lowest BCUT2D eigenvalue weighted by molar-refractivity contribution is -0.137. The minimum Gasteiger partial charge on any atom is -0.481 e. The molecule has 0 saturated carbocycles. The molecule has 0 saturated heterocycles. The number of hydrogen-bond acceptors (Lipinski definition) is 3. The zero-order valence-corrected chi connectivity index (χ0v) is 8.37. The Bertz CT molecular complexity index is 114. The van der Waals surface area contributed by atoms with Gasteiger partial charge in [-0.15, -0.1) is 24.8 Å². The van der Waals surface area contributed by atoms with Gasteiger partial charge in [-0.1, -0.05) is 0 Å². The molecule has 5 N–H and O–H groups in total. The molecule has 12 heavy (non-hydrogen) atoms. The molecule has 0 heterocycles. The van der Waals surface area contributed by atoms with Gasteiger partial charge in [0.05, 0.1) is 6.42 Å². The fourth-order valence-electron chi connectivity index (χ4n) is 0.706. The van der Waals surface area contributed by atoms with Crippen molar-refractivity contribution in [1.82, 2.24) is 0 Å². The molecule has 4 nitrogen and oxygen atoms in total. The molecule has 0 aliphatic heterocycles. The standard InChI is InChI=1S/C6H14N2O2.2ClH/c7-3-1-2-5(8)4-6(9)10;;/h5H,1-4,7-8H2,(H,9,10);2*1H. The van der Waals surface area contributed by atoms with Gasteiger partial charge in [0, 0.05) is 6.04 Å². The molecular weight excluding hydrogens is 203 g/mol. The average Bonchev–Trinajstić information content (AvgIpc) is 1.82. The quantitative estimate of drug-likeness (QED) is 0.623. The van der Waals surface area contributed by atoms with Crippen LogP contribution in [0.15, 0.2) is 0 Å². The summed E-state index contributed by atoms with van der Waals surface area (Å²) in [7, 11) is 0. The van der Waals surface area contributed by atoms with E-state index in [-0.39, 0.29) is 37.3 Å². The number of nitrogens with two attached hydrogens (primary N) is 2. The normalized spacial score (nSPS) is 10.8. The summed E-state index contributed by atoms with van der Waals surface area (Å²) in [6.45, 7) is 0.577. The SMILES string of the molecule is Cl.Cl.NCCCC(N)CC(=O)O. The topological polar surface area (TPSA) is 89.3 Å². The van der Waals surface area contributed by atoms with E-state index in [0.717, 1.165) is 6.42 Å². The van der Waals surface area contributed by atoms with Gasteiger partial charge in [0.15, 0.2) is 0 Å². The molecule has 0 spiro atoms. The Hall–Kier alpha value is -0.0300. The average molecular weight is 219 g/mol. The van der Waals surface area contributed by atoms with Crippen molar-refractivity contribution in [1.29, 1.82) is 0 Å². The van der Waals surface area contributed by atoms with Gasteiger partial charge in [-0.3, -0.25) is 4.79 Å². The molecule has 0 rings (SSSR count). The maximum absolute atomic E-state index is 10.1. The van der Waals surface area contributed by atoms with E-state index >= 15 is 0 Å². The van der Waals surface area contributed by atoms with E-state index in [1.165, 1.54) is 0 Å². The Kier molecular flexibility index (Phi) is 16.4. The highest BCUT2D eigenvalue weighted by Crippen LogP contribution is 1.96. The summed E-state index contributed by atoms with van der Waals surface area (Å²) in [4.78, 5) is 10.1. The summed E-state index contributed by atoms with van der Waals surface area (Å²) in [6, 6.07) is -0.235. The predicted molar refractivity (Wildman–Crippen MR) is 53.0 cm³/mol. The van der Waals surface area contributed by atoms with Crippen molar-refractivity contribution in [2.45, 2.75) is 25.3 Å². The molecule has 0 aliphatic carbocycles. The molecule has 1 atom stereocenters. The summed E-state index contributed by atoms with van der Waals surface area (Å²) < 4.78 is 0. The van der Waals surface area contributed by atoms with Crippen LogP contribution in [-0.2, 0) is 4.79 Å². The molecule has 0 aromatic rings. The second-order valence-electron chi connectivity index (χ2n) is 2.29. The molecule has 76 valence electrons. The lowest BCUT2D eigenvalue weighted by atomic mass is 10.1.